The van der Waals surface area contributed by atoms with Crippen LogP contribution in [0.1, 0.15) is 45.4 Å². The summed E-state index contributed by atoms with van der Waals surface area (Å²) >= 11 is 1.64. The molecule has 0 spiro atoms. The molecule has 2 aromatic rings. The van der Waals surface area contributed by atoms with Crippen molar-refractivity contribution in [3.63, 3.8) is 0 Å². The van der Waals surface area contributed by atoms with Gasteiger partial charge in [-0.25, -0.2) is 0 Å². The van der Waals surface area contributed by atoms with Crippen molar-refractivity contribution in [1.29, 1.82) is 0 Å². The third-order valence-corrected chi connectivity index (χ3v) is 6.86. The average molecular weight is 402 g/mol. The topological polar surface area (TPSA) is 76.9 Å². The number of aliphatic hydroxyl groups is 2. The summed E-state index contributed by atoms with van der Waals surface area (Å²) in [5.74, 6) is -0.0212. The van der Waals surface area contributed by atoms with Gasteiger partial charge in [0.1, 0.15) is 5.60 Å². The summed E-state index contributed by atoms with van der Waals surface area (Å²) in [4.78, 5) is 22.8. The number of hydrogen-bond donors (Lipinski definition) is 2. The van der Waals surface area contributed by atoms with Crippen LogP contribution in [0.3, 0.4) is 0 Å². The minimum absolute atomic E-state index is 0.0212. The number of nitrogens with zero attached hydrogens (tertiary/aromatic N) is 3. The van der Waals surface area contributed by atoms with Crippen LogP contribution in [0, 0.1) is 0 Å². The van der Waals surface area contributed by atoms with Crippen molar-refractivity contribution in [2.24, 2.45) is 0 Å². The fourth-order valence-electron chi connectivity index (χ4n) is 4.01. The third-order valence-electron chi connectivity index (χ3n) is 5.85. The van der Waals surface area contributed by atoms with Gasteiger partial charge < -0.3 is 15.1 Å². The fraction of sp³-hybridized carbons (Fsp3) is 0.524. The largest absolute Gasteiger partial charge is 0.393 e. The van der Waals surface area contributed by atoms with Crippen LogP contribution in [0.5, 0.6) is 0 Å². The highest BCUT2D eigenvalue weighted by Crippen LogP contribution is 2.31. The van der Waals surface area contributed by atoms with Crippen molar-refractivity contribution < 1.29 is 15.0 Å². The van der Waals surface area contributed by atoms with Gasteiger partial charge in [-0.1, -0.05) is 13.0 Å². The van der Waals surface area contributed by atoms with Gasteiger partial charge in [0.05, 0.1) is 24.4 Å². The van der Waals surface area contributed by atoms with Crippen molar-refractivity contribution in [3.8, 4) is 0 Å². The first-order valence-electron chi connectivity index (χ1n) is 9.89. The zero-order valence-electron chi connectivity index (χ0n) is 16.2. The van der Waals surface area contributed by atoms with Crippen molar-refractivity contribution in [2.75, 3.05) is 26.2 Å². The van der Waals surface area contributed by atoms with Gasteiger partial charge in [0.15, 0.2) is 0 Å². The Morgan fingerprint density at radius 1 is 1.36 bits per heavy atom. The van der Waals surface area contributed by atoms with E-state index >= 15 is 0 Å². The van der Waals surface area contributed by atoms with E-state index in [2.05, 4.69) is 28.9 Å². The SMILES string of the molecule is CCc1ccc(CN2CCc3c(C(=O)N4CC[C@](O)(CO)C4)csc3C2)nc1. The van der Waals surface area contributed by atoms with Gasteiger partial charge in [-0.3, -0.25) is 14.7 Å². The monoisotopic (exact) mass is 401 g/mol. The molecule has 2 aliphatic heterocycles. The quantitative estimate of drug-likeness (QED) is 0.799. The molecule has 1 saturated heterocycles. The van der Waals surface area contributed by atoms with Gasteiger partial charge >= 0.3 is 0 Å². The molecule has 1 amide bonds. The number of pyridine rings is 1. The lowest BCUT2D eigenvalue weighted by Crippen LogP contribution is -2.39. The molecule has 0 bridgehead atoms. The normalized spacial score (nSPS) is 22.5. The molecule has 0 aromatic carbocycles. The van der Waals surface area contributed by atoms with E-state index in [4.69, 9.17) is 0 Å². The van der Waals surface area contributed by atoms with Crippen LogP contribution >= 0.6 is 11.3 Å². The number of likely N-dealkylation sites (tertiary alicyclic amines) is 1. The molecule has 0 radical (unpaired) electrons. The molecule has 2 aromatic heterocycles. The number of carbonyl (C=O) groups is 1. The van der Waals surface area contributed by atoms with E-state index in [9.17, 15) is 15.0 Å². The van der Waals surface area contributed by atoms with Gasteiger partial charge in [0.25, 0.3) is 5.91 Å². The molecule has 2 aliphatic rings. The Labute approximate surface area is 169 Å². The number of β-amino-alcohol motifs (C(OH)–C–C–N with tert-alkyl or cyclic N) is 1. The van der Waals surface area contributed by atoms with E-state index in [-0.39, 0.29) is 19.1 Å². The maximum absolute atomic E-state index is 12.9. The Bertz CT molecular complexity index is 851. The van der Waals surface area contributed by atoms with Crippen LogP contribution in [-0.2, 0) is 25.9 Å². The van der Waals surface area contributed by atoms with Crippen molar-refractivity contribution in [1.82, 2.24) is 14.8 Å². The Kier molecular flexibility index (Phi) is 5.51. The zero-order chi connectivity index (χ0) is 19.7. The summed E-state index contributed by atoms with van der Waals surface area (Å²) in [5.41, 5.74) is 3.10. The van der Waals surface area contributed by atoms with Crippen molar-refractivity contribution in [2.45, 2.75) is 44.9 Å². The number of fused-ring (bicyclic) bond motifs is 1. The summed E-state index contributed by atoms with van der Waals surface area (Å²) < 4.78 is 0. The summed E-state index contributed by atoms with van der Waals surface area (Å²) in [6.07, 6.45) is 4.24. The molecular formula is C21H27N3O3S. The number of rotatable bonds is 5. The summed E-state index contributed by atoms with van der Waals surface area (Å²) in [6.45, 7) is 5.09. The maximum atomic E-state index is 12.9. The number of amides is 1. The molecule has 0 aliphatic carbocycles. The lowest BCUT2D eigenvalue weighted by molar-refractivity contribution is -0.00456. The van der Waals surface area contributed by atoms with Gasteiger partial charge in [-0.05, 0) is 36.5 Å². The molecule has 7 heteroatoms. The predicted octanol–water partition coefficient (Wildman–Crippen LogP) is 1.83. The Morgan fingerprint density at radius 2 is 2.21 bits per heavy atom. The summed E-state index contributed by atoms with van der Waals surface area (Å²) in [5, 5.41) is 21.5. The lowest BCUT2D eigenvalue weighted by atomic mass is 10.0. The molecule has 28 heavy (non-hydrogen) atoms. The highest BCUT2D eigenvalue weighted by Gasteiger charge is 2.39. The maximum Gasteiger partial charge on any atom is 0.255 e. The van der Waals surface area contributed by atoms with Crippen molar-refractivity contribution in [3.05, 3.63) is 51.0 Å². The zero-order valence-corrected chi connectivity index (χ0v) is 17.0. The van der Waals surface area contributed by atoms with Crippen LogP contribution in [0.2, 0.25) is 0 Å². The molecule has 4 heterocycles. The van der Waals surface area contributed by atoms with E-state index in [0.29, 0.717) is 13.0 Å². The minimum atomic E-state index is -1.15. The van der Waals surface area contributed by atoms with E-state index in [0.717, 1.165) is 49.3 Å². The van der Waals surface area contributed by atoms with Gasteiger partial charge in [-0.15, -0.1) is 11.3 Å². The highest BCUT2D eigenvalue weighted by molar-refractivity contribution is 7.10. The number of thiophene rings is 1. The highest BCUT2D eigenvalue weighted by atomic mass is 32.1. The van der Waals surface area contributed by atoms with E-state index in [1.54, 1.807) is 16.2 Å². The lowest BCUT2D eigenvalue weighted by Gasteiger charge is -2.27. The molecule has 0 saturated carbocycles. The molecule has 4 rings (SSSR count). The number of hydrogen-bond acceptors (Lipinski definition) is 6. The standard InChI is InChI=1S/C21H27N3O3S/c1-2-15-3-4-16(22-9-15)10-23-7-5-17-18(12-28-19(17)11-23)20(26)24-8-6-21(27,13-24)14-25/h3-4,9,12,25,27H,2,5-8,10-11,13-14H2,1H3/t21-/m1/s1. The van der Waals surface area contributed by atoms with Gasteiger partial charge in [-0.2, -0.15) is 0 Å². The van der Waals surface area contributed by atoms with Crippen LogP contribution in [0.15, 0.2) is 23.7 Å². The second-order valence-electron chi connectivity index (χ2n) is 7.88. The first-order chi connectivity index (χ1) is 13.5. The number of carbonyl (C=O) groups excluding carboxylic acids is 1. The predicted molar refractivity (Wildman–Crippen MR) is 108 cm³/mol. The Balaban J connectivity index is 1.42. The second-order valence-corrected chi connectivity index (χ2v) is 8.85. The van der Waals surface area contributed by atoms with Crippen LogP contribution in [-0.4, -0.2) is 62.7 Å². The Morgan fingerprint density at radius 3 is 2.89 bits per heavy atom. The van der Waals surface area contributed by atoms with Crippen molar-refractivity contribution >= 4 is 17.2 Å². The second kappa shape index (κ2) is 7.91. The van der Waals surface area contributed by atoms with Crippen LogP contribution in [0.4, 0.5) is 0 Å². The van der Waals surface area contributed by atoms with E-state index < -0.39 is 5.60 Å². The molecular weight excluding hydrogens is 374 g/mol. The van der Waals surface area contributed by atoms with E-state index in [1.807, 2.05) is 11.6 Å². The van der Waals surface area contributed by atoms with Gasteiger partial charge in [0, 0.05) is 42.6 Å². The third kappa shape index (κ3) is 3.85. The van der Waals surface area contributed by atoms with Gasteiger partial charge in [0.2, 0.25) is 0 Å². The molecule has 150 valence electrons. The number of aliphatic hydroxyl groups excluding tert-OH is 1. The molecule has 1 atom stereocenters. The smallest absolute Gasteiger partial charge is 0.255 e. The Hall–Kier alpha value is -1.80. The average Bonchev–Trinajstić information content (AvgIpc) is 3.32. The number of aromatic nitrogens is 1. The first-order valence-corrected chi connectivity index (χ1v) is 10.8. The molecule has 2 N–H and O–H groups in total. The van der Waals surface area contributed by atoms with E-state index in [1.165, 1.54) is 10.4 Å². The molecule has 1 fully saturated rings. The molecule has 0 unspecified atom stereocenters. The first kappa shape index (κ1) is 19.5. The number of aryl methyl sites for hydroxylation is 1. The minimum Gasteiger partial charge on any atom is -0.393 e. The van der Waals surface area contributed by atoms with Crippen LogP contribution < -0.4 is 0 Å². The fourth-order valence-corrected chi connectivity index (χ4v) is 5.13. The molecule has 6 nitrogen and oxygen atoms in total. The summed E-state index contributed by atoms with van der Waals surface area (Å²) in [7, 11) is 0. The van der Waals surface area contributed by atoms with Crippen LogP contribution in [0.25, 0.3) is 0 Å². The summed E-state index contributed by atoms with van der Waals surface area (Å²) in [6, 6.07) is 4.25.